The molecule has 0 aromatic heterocycles. The van der Waals surface area contributed by atoms with Crippen molar-refractivity contribution in [3.8, 4) is 0 Å². The summed E-state index contributed by atoms with van der Waals surface area (Å²) in [7, 11) is 0. The van der Waals surface area contributed by atoms with E-state index in [0.29, 0.717) is 13.1 Å². The van der Waals surface area contributed by atoms with Crippen LogP contribution in [-0.4, -0.2) is 29.0 Å². The molecule has 1 saturated heterocycles. The van der Waals surface area contributed by atoms with E-state index >= 15 is 0 Å². The van der Waals surface area contributed by atoms with E-state index in [1.165, 1.54) is 10.6 Å². The lowest BCUT2D eigenvalue weighted by atomic mass is 9.87. The van der Waals surface area contributed by atoms with Crippen molar-refractivity contribution in [2.45, 2.75) is 39.2 Å². The van der Waals surface area contributed by atoms with Crippen molar-refractivity contribution in [3.63, 3.8) is 0 Å². The first-order valence-electron chi connectivity index (χ1n) is 6.78. The van der Waals surface area contributed by atoms with Crippen molar-refractivity contribution in [1.82, 2.24) is 9.91 Å². The third kappa shape index (κ3) is 3.26. The van der Waals surface area contributed by atoms with E-state index in [2.05, 4.69) is 45.0 Å². The van der Waals surface area contributed by atoms with Gasteiger partial charge in [-0.1, -0.05) is 45.0 Å². The average Bonchev–Trinajstić information content (AvgIpc) is 2.35. The Morgan fingerprint density at radius 3 is 2.37 bits per heavy atom. The molecule has 19 heavy (non-hydrogen) atoms. The standard InChI is InChI=1S/C15H23N3O/c1-15(2,3)13-7-5-12(6-8-13)11-17-9-4-10-18(16)14(17)19/h5-8H,4,9-11,16H2,1-3H3. The van der Waals surface area contributed by atoms with Gasteiger partial charge >= 0.3 is 6.03 Å². The van der Waals surface area contributed by atoms with Crippen molar-refractivity contribution in [3.05, 3.63) is 35.4 Å². The quantitative estimate of drug-likeness (QED) is 0.657. The second kappa shape index (κ2) is 5.21. The van der Waals surface area contributed by atoms with Gasteiger partial charge in [-0.2, -0.15) is 0 Å². The molecule has 0 atom stereocenters. The van der Waals surface area contributed by atoms with Crippen molar-refractivity contribution in [2.75, 3.05) is 13.1 Å². The minimum Gasteiger partial charge on any atom is -0.319 e. The van der Waals surface area contributed by atoms with Crippen LogP contribution < -0.4 is 5.84 Å². The molecule has 2 N–H and O–H groups in total. The summed E-state index contributed by atoms with van der Waals surface area (Å²) in [6.45, 7) is 8.66. The molecule has 2 amide bonds. The molecule has 1 fully saturated rings. The van der Waals surface area contributed by atoms with Gasteiger partial charge in [0.15, 0.2) is 0 Å². The largest absolute Gasteiger partial charge is 0.334 e. The highest BCUT2D eigenvalue weighted by atomic mass is 16.2. The zero-order chi connectivity index (χ0) is 14.0. The molecule has 1 aromatic carbocycles. The molecular weight excluding hydrogens is 238 g/mol. The maximum absolute atomic E-state index is 11.9. The van der Waals surface area contributed by atoms with Crippen LogP contribution in [0.4, 0.5) is 4.79 Å². The summed E-state index contributed by atoms with van der Waals surface area (Å²) in [5, 5.41) is 1.30. The van der Waals surface area contributed by atoms with Gasteiger partial charge in [-0.05, 0) is 23.0 Å². The smallest absolute Gasteiger partial charge is 0.319 e. The minimum atomic E-state index is -0.0776. The van der Waals surface area contributed by atoms with Crippen LogP contribution in [0, 0.1) is 0 Å². The fourth-order valence-corrected chi connectivity index (χ4v) is 2.28. The number of urea groups is 1. The summed E-state index contributed by atoms with van der Waals surface area (Å²) in [6.07, 6.45) is 0.933. The van der Waals surface area contributed by atoms with E-state index in [1.807, 2.05) is 0 Å². The van der Waals surface area contributed by atoms with Crippen molar-refractivity contribution in [2.24, 2.45) is 5.84 Å². The van der Waals surface area contributed by atoms with Gasteiger partial charge in [0.25, 0.3) is 0 Å². The molecule has 0 aliphatic carbocycles. The lowest BCUT2D eigenvalue weighted by Crippen LogP contribution is -2.52. The van der Waals surface area contributed by atoms with Crippen molar-refractivity contribution < 1.29 is 4.79 Å². The van der Waals surface area contributed by atoms with Crippen LogP contribution in [0.15, 0.2) is 24.3 Å². The summed E-state index contributed by atoms with van der Waals surface area (Å²) in [5.74, 6) is 5.65. The Balaban J connectivity index is 2.05. The number of nitrogens with zero attached hydrogens (tertiary/aromatic N) is 2. The Labute approximate surface area is 115 Å². The molecule has 0 unspecified atom stereocenters. The monoisotopic (exact) mass is 261 g/mol. The van der Waals surface area contributed by atoms with E-state index in [-0.39, 0.29) is 11.4 Å². The molecule has 0 spiro atoms. The summed E-state index contributed by atoms with van der Waals surface area (Å²) in [4.78, 5) is 13.7. The lowest BCUT2D eigenvalue weighted by Gasteiger charge is -2.32. The topological polar surface area (TPSA) is 49.6 Å². The molecule has 1 aliphatic rings. The van der Waals surface area contributed by atoms with Crippen molar-refractivity contribution in [1.29, 1.82) is 0 Å². The molecular formula is C15H23N3O. The van der Waals surface area contributed by atoms with Crippen LogP contribution in [0.1, 0.15) is 38.3 Å². The van der Waals surface area contributed by atoms with Crippen molar-refractivity contribution >= 4 is 6.03 Å². The predicted molar refractivity (Wildman–Crippen MR) is 76.5 cm³/mol. The van der Waals surface area contributed by atoms with Gasteiger partial charge in [0, 0.05) is 19.6 Å². The Morgan fingerprint density at radius 2 is 1.79 bits per heavy atom. The average molecular weight is 261 g/mol. The highest BCUT2D eigenvalue weighted by molar-refractivity contribution is 5.74. The van der Waals surface area contributed by atoms with E-state index in [4.69, 9.17) is 5.84 Å². The second-order valence-electron chi connectivity index (χ2n) is 6.20. The second-order valence-corrected chi connectivity index (χ2v) is 6.20. The van der Waals surface area contributed by atoms with Crippen LogP contribution in [0.2, 0.25) is 0 Å². The maximum Gasteiger partial charge on any atom is 0.334 e. The molecule has 0 saturated carbocycles. The maximum atomic E-state index is 11.9. The molecule has 1 aromatic rings. The summed E-state index contributed by atoms with van der Waals surface area (Å²) in [6, 6.07) is 8.41. The van der Waals surface area contributed by atoms with Gasteiger partial charge < -0.3 is 4.90 Å². The molecule has 104 valence electrons. The van der Waals surface area contributed by atoms with Crippen LogP contribution in [0.3, 0.4) is 0 Å². The highest BCUT2D eigenvalue weighted by Gasteiger charge is 2.23. The molecule has 2 rings (SSSR count). The van der Waals surface area contributed by atoms with Gasteiger partial charge in [0.1, 0.15) is 0 Å². The summed E-state index contributed by atoms with van der Waals surface area (Å²) >= 11 is 0. The molecule has 1 aliphatic heterocycles. The van der Waals surface area contributed by atoms with E-state index < -0.39 is 0 Å². The van der Waals surface area contributed by atoms with Crippen LogP contribution in [-0.2, 0) is 12.0 Å². The van der Waals surface area contributed by atoms with Gasteiger partial charge in [0.2, 0.25) is 0 Å². The number of carbonyl (C=O) groups excluding carboxylic acids is 1. The zero-order valence-corrected chi connectivity index (χ0v) is 12.0. The first-order chi connectivity index (χ1) is 8.88. The molecule has 0 radical (unpaired) electrons. The molecule has 0 bridgehead atoms. The number of benzene rings is 1. The molecule has 4 heteroatoms. The number of hydrazine groups is 1. The van der Waals surface area contributed by atoms with Crippen LogP contribution in [0.5, 0.6) is 0 Å². The van der Waals surface area contributed by atoms with Crippen LogP contribution in [0.25, 0.3) is 0 Å². The number of hydrogen-bond acceptors (Lipinski definition) is 2. The number of nitrogens with two attached hydrogens (primary N) is 1. The number of carbonyl (C=O) groups is 1. The van der Waals surface area contributed by atoms with Gasteiger partial charge in [-0.25, -0.2) is 10.6 Å². The van der Waals surface area contributed by atoms with E-state index in [9.17, 15) is 4.79 Å². The number of amides is 2. The first kappa shape index (κ1) is 13.9. The highest BCUT2D eigenvalue weighted by Crippen LogP contribution is 2.22. The third-order valence-corrected chi connectivity index (χ3v) is 3.54. The summed E-state index contributed by atoms with van der Waals surface area (Å²) in [5.41, 5.74) is 2.62. The Morgan fingerprint density at radius 1 is 1.16 bits per heavy atom. The zero-order valence-electron chi connectivity index (χ0n) is 12.0. The minimum absolute atomic E-state index is 0.0776. The Kier molecular flexibility index (Phi) is 3.80. The molecule has 4 nitrogen and oxygen atoms in total. The number of rotatable bonds is 2. The Bertz CT molecular complexity index is 447. The van der Waals surface area contributed by atoms with E-state index in [0.717, 1.165) is 18.5 Å². The van der Waals surface area contributed by atoms with E-state index in [1.54, 1.807) is 4.90 Å². The first-order valence-corrected chi connectivity index (χ1v) is 6.78. The Hall–Kier alpha value is -1.55. The fourth-order valence-electron chi connectivity index (χ4n) is 2.28. The third-order valence-electron chi connectivity index (χ3n) is 3.54. The lowest BCUT2D eigenvalue weighted by molar-refractivity contribution is 0.127. The van der Waals surface area contributed by atoms with Gasteiger partial charge in [-0.15, -0.1) is 0 Å². The summed E-state index contributed by atoms with van der Waals surface area (Å²) < 4.78 is 0. The fraction of sp³-hybridized carbons (Fsp3) is 0.533. The predicted octanol–water partition coefficient (Wildman–Crippen LogP) is 2.49. The van der Waals surface area contributed by atoms with Gasteiger partial charge in [0.05, 0.1) is 0 Å². The molecule has 1 heterocycles. The SMILES string of the molecule is CC(C)(C)c1ccc(CN2CCCN(N)C2=O)cc1. The number of hydrogen-bond donors (Lipinski definition) is 1. The normalized spacial score (nSPS) is 16.9. The van der Waals surface area contributed by atoms with Crippen LogP contribution >= 0.6 is 0 Å². The van der Waals surface area contributed by atoms with Gasteiger partial charge in [-0.3, -0.25) is 5.01 Å².